The molecule has 0 N–H and O–H groups in total. The van der Waals surface area contributed by atoms with Gasteiger partial charge in [-0.1, -0.05) is 18.0 Å². The Balaban J connectivity index is 1.47. The Morgan fingerprint density at radius 1 is 1.26 bits per heavy atom. The highest BCUT2D eigenvalue weighted by Gasteiger charge is 2.53. The predicted octanol–water partition coefficient (Wildman–Crippen LogP) is 4.28. The van der Waals surface area contributed by atoms with E-state index >= 15 is 0 Å². The molecule has 1 saturated heterocycles. The molecule has 6 nitrogen and oxygen atoms in total. The average molecular weight is 393 g/mol. The Bertz CT molecular complexity index is 691. The summed E-state index contributed by atoms with van der Waals surface area (Å²) in [5, 5.41) is 8.53. The number of anilines is 1. The van der Waals surface area contributed by atoms with Crippen molar-refractivity contribution in [3.8, 4) is 0 Å². The van der Waals surface area contributed by atoms with Gasteiger partial charge in [-0.2, -0.15) is 0 Å². The largest absolute Gasteiger partial charge is 0.444 e. The molecular weight excluding hydrogens is 364 g/mol. The van der Waals surface area contributed by atoms with Gasteiger partial charge in [-0.15, -0.1) is 10.2 Å². The lowest BCUT2D eigenvalue weighted by Crippen LogP contribution is -2.59. The van der Waals surface area contributed by atoms with Crippen LogP contribution in [-0.2, 0) is 4.74 Å². The highest BCUT2D eigenvalue weighted by atomic mass is 35.5. The van der Waals surface area contributed by atoms with Gasteiger partial charge in [0.05, 0.1) is 6.04 Å². The number of halogens is 1. The SMILES string of the molecule is CC(C)(C)OC(=O)N(C1CCN(c2ccc(Cl)nn2)C1)C1CC2(CCC2)C1. The molecule has 1 atom stereocenters. The molecular formula is C20H29ClN4O2. The zero-order chi connectivity index (χ0) is 19.2. The number of hydrogen-bond donors (Lipinski definition) is 0. The lowest BCUT2D eigenvalue weighted by Gasteiger charge is -2.57. The predicted molar refractivity (Wildman–Crippen MR) is 105 cm³/mol. The van der Waals surface area contributed by atoms with E-state index < -0.39 is 5.60 Å². The van der Waals surface area contributed by atoms with Crippen molar-refractivity contribution in [1.29, 1.82) is 0 Å². The summed E-state index contributed by atoms with van der Waals surface area (Å²) in [6.07, 6.45) is 6.99. The summed E-state index contributed by atoms with van der Waals surface area (Å²) in [5.41, 5.74) is 0.0397. The van der Waals surface area contributed by atoms with E-state index in [0.29, 0.717) is 16.6 Å². The molecule has 0 bridgehead atoms. The molecule has 0 radical (unpaired) electrons. The van der Waals surface area contributed by atoms with Crippen LogP contribution in [0.5, 0.6) is 0 Å². The van der Waals surface area contributed by atoms with E-state index in [9.17, 15) is 4.79 Å². The van der Waals surface area contributed by atoms with Crippen molar-refractivity contribution in [3.05, 3.63) is 17.3 Å². The molecule has 1 aromatic rings. The van der Waals surface area contributed by atoms with Crippen molar-refractivity contribution in [1.82, 2.24) is 15.1 Å². The Kier molecular flexibility index (Phi) is 4.73. The lowest BCUT2D eigenvalue weighted by molar-refractivity contribution is -0.0714. The number of rotatable bonds is 3. The molecule has 7 heteroatoms. The van der Waals surface area contributed by atoms with Crippen molar-refractivity contribution in [2.45, 2.75) is 77.0 Å². The first-order valence-electron chi connectivity index (χ1n) is 10.0. The second-order valence-corrected chi connectivity index (χ2v) is 9.79. The molecule has 27 heavy (non-hydrogen) atoms. The third kappa shape index (κ3) is 3.86. The molecule has 148 valence electrons. The molecule has 4 rings (SSSR count). The smallest absolute Gasteiger partial charge is 0.410 e. The van der Waals surface area contributed by atoms with Gasteiger partial charge in [-0.3, -0.25) is 0 Å². The van der Waals surface area contributed by atoms with Crippen LogP contribution < -0.4 is 4.90 Å². The van der Waals surface area contributed by atoms with Crippen LogP contribution in [-0.4, -0.2) is 52.0 Å². The van der Waals surface area contributed by atoms with Gasteiger partial charge in [0.25, 0.3) is 0 Å². The first kappa shape index (κ1) is 18.8. The van der Waals surface area contributed by atoms with Gasteiger partial charge < -0.3 is 14.5 Å². The summed E-state index contributed by atoms with van der Waals surface area (Å²) in [6.45, 7) is 7.42. The minimum absolute atomic E-state index is 0.153. The van der Waals surface area contributed by atoms with Crippen molar-refractivity contribution >= 4 is 23.5 Å². The zero-order valence-corrected chi connectivity index (χ0v) is 17.2. The van der Waals surface area contributed by atoms with Crippen LogP contribution >= 0.6 is 11.6 Å². The fraction of sp³-hybridized carbons (Fsp3) is 0.750. The minimum atomic E-state index is -0.479. The monoisotopic (exact) mass is 392 g/mol. The second-order valence-electron chi connectivity index (χ2n) is 9.41. The molecule has 2 heterocycles. The number of carbonyl (C=O) groups is 1. The van der Waals surface area contributed by atoms with Crippen molar-refractivity contribution in [2.75, 3.05) is 18.0 Å². The summed E-state index contributed by atoms with van der Waals surface area (Å²) >= 11 is 5.85. The molecule has 2 aliphatic carbocycles. The first-order valence-corrected chi connectivity index (χ1v) is 10.4. The van der Waals surface area contributed by atoms with Gasteiger partial charge >= 0.3 is 6.09 Å². The number of ether oxygens (including phenoxy) is 1. The maximum Gasteiger partial charge on any atom is 0.410 e. The summed E-state index contributed by atoms with van der Waals surface area (Å²) in [7, 11) is 0. The van der Waals surface area contributed by atoms with E-state index in [0.717, 1.165) is 38.2 Å². The van der Waals surface area contributed by atoms with Gasteiger partial charge in [0.2, 0.25) is 0 Å². The lowest BCUT2D eigenvalue weighted by atomic mass is 9.53. The van der Waals surface area contributed by atoms with Crippen molar-refractivity contribution < 1.29 is 9.53 Å². The van der Waals surface area contributed by atoms with E-state index in [1.807, 2.05) is 31.7 Å². The maximum absolute atomic E-state index is 13.0. The van der Waals surface area contributed by atoms with Gasteiger partial charge in [-0.05, 0) is 70.4 Å². The molecule has 1 spiro atoms. The standard InChI is InChI=1S/C20H29ClN4O2/c1-19(2,3)27-18(26)25(15-11-20(12-15)8-4-9-20)14-7-10-24(13-14)17-6-5-16(21)22-23-17/h5-6,14-15H,4,7-13H2,1-3H3. The van der Waals surface area contributed by atoms with E-state index in [1.165, 1.54) is 19.3 Å². The highest BCUT2D eigenvalue weighted by Crippen LogP contribution is 2.57. The molecule has 1 amide bonds. The van der Waals surface area contributed by atoms with Gasteiger partial charge in [0, 0.05) is 19.1 Å². The topological polar surface area (TPSA) is 58.6 Å². The third-order valence-electron chi connectivity index (χ3n) is 6.25. The van der Waals surface area contributed by atoms with E-state index in [4.69, 9.17) is 16.3 Å². The number of amides is 1. The van der Waals surface area contributed by atoms with Crippen molar-refractivity contribution in [3.63, 3.8) is 0 Å². The van der Waals surface area contributed by atoms with Gasteiger partial charge in [-0.25, -0.2) is 4.79 Å². The number of nitrogens with zero attached hydrogens (tertiary/aromatic N) is 4. The highest BCUT2D eigenvalue weighted by molar-refractivity contribution is 6.29. The average Bonchev–Trinajstić information content (AvgIpc) is 2.96. The number of hydrogen-bond acceptors (Lipinski definition) is 5. The summed E-state index contributed by atoms with van der Waals surface area (Å²) < 4.78 is 5.77. The second kappa shape index (κ2) is 6.80. The molecule has 3 aliphatic rings. The molecule has 0 aromatic carbocycles. The van der Waals surface area contributed by atoms with Crippen LogP contribution in [0.25, 0.3) is 0 Å². The Morgan fingerprint density at radius 2 is 2.00 bits per heavy atom. The Morgan fingerprint density at radius 3 is 2.56 bits per heavy atom. The molecule has 1 unspecified atom stereocenters. The van der Waals surface area contributed by atoms with Gasteiger partial charge in [0.15, 0.2) is 11.0 Å². The Hall–Kier alpha value is -1.56. The van der Waals surface area contributed by atoms with Crippen LogP contribution in [0.1, 0.15) is 59.3 Å². The normalized spacial score (nSPS) is 24.4. The van der Waals surface area contributed by atoms with E-state index in [2.05, 4.69) is 15.1 Å². The minimum Gasteiger partial charge on any atom is -0.444 e. The van der Waals surface area contributed by atoms with Crippen LogP contribution in [0.4, 0.5) is 10.6 Å². The summed E-state index contributed by atoms with van der Waals surface area (Å²) in [5.74, 6) is 0.815. The van der Waals surface area contributed by atoms with Crippen LogP contribution in [0.15, 0.2) is 12.1 Å². The number of carbonyl (C=O) groups excluding carboxylic acids is 1. The zero-order valence-electron chi connectivity index (χ0n) is 16.4. The number of aromatic nitrogens is 2. The van der Waals surface area contributed by atoms with Crippen molar-refractivity contribution in [2.24, 2.45) is 5.41 Å². The molecule has 3 fully saturated rings. The van der Waals surface area contributed by atoms with Crippen LogP contribution in [0, 0.1) is 5.41 Å². The fourth-order valence-corrected chi connectivity index (χ4v) is 4.89. The first-order chi connectivity index (χ1) is 12.7. The quantitative estimate of drug-likeness (QED) is 0.768. The summed E-state index contributed by atoms with van der Waals surface area (Å²) in [4.78, 5) is 17.2. The van der Waals surface area contributed by atoms with E-state index in [1.54, 1.807) is 6.07 Å². The molecule has 2 saturated carbocycles. The van der Waals surface area contributed by atoms with Gasteiger partial charge in [0.1, 0.15) is 5.60 Å². The maximum atomic E-state index is 13.0. The van der Waals surface area contributed by atoms with Crippen LogP contribution in [0.2, 0.25) is 5.15 Å². The third-order valence-corrected chi connectivity index (χ3v) is 6.45. The molecule has 1 aromatic heterocycles. The van der Waals surface area contributed by atoms with Crippen LogP contribution in [0.3, 0.4) is 0 Å². The molecule has 1 aliphatic heterocycles. The fourth-order valence-electron chi connectivity index (χ4n) is 4.79. The Labute approximate surface area is 166 Å². The summed E-state index contributed by atoms with van der Waals surface area (Å²) in [6, 6.07) is 4.11. The van der Waals surface area contributed by atoms with E-state index in [-0.39, 0.29) is 12.1 Å².